The summed E-state index contributed by atoms with van der Waals surface area (Å²) in [7, 11) is 0. The van der Waals surface area contributed by atoms with Crippen LogP contribution in [0.5, 0.6) is 5.75 Å². The van der Waals surface area contributed by atoms with E-state index >= 15 is 0 Å². The maximum Gasteiger partial charge on any atom is 0.417 e. The van der Waals surface area contributed by atoms with Crippen molar-refractivity contribution >= 4 is 23.2 Å². The van der Waals surface area contributed by atoms with E-state index in [0.29, 0.717) is 10.8 Å². The molecule has 6 nitrogen and oxygen atoms in total. The number of hydrogen-bond donors (Lipinski definition) is 1. The van der Waals surface area contributed by atoms with Crippen LogP contribution in [0.2, 0.25) is 5.02 Å². The number of aromatic nitrogens is 3. The molecule has 0 bridgehead atoms. The molecule has 27 heavy (non-hydrogen) atoms. The number of halogens is 4. The number of amides is 1. The lowest BCUT2D eigenvalue weighted by Gasteiger charge is -2.14. The molecular weight excluding hydrogens is 385 g/mol. The summed E-state index contributed by atoms with van der Waals surface area (Å²) < 4.78 is 45.3. The predicted octanol–water partition coefficient (Wildman–Crippen LogP) is 3.49. The average molecular weight is 399 g/mol. The number of fused-ring (bicyclic) bond motifs is 1. The van der Waals surface area contributed by atoms with E-state index < -0.39 is 23.8 Å². The lowest BCUT2D eigenvalue weighted by molar-refractivity contribution is -0.138. The van der Waals surface area contributed by atoms with Crippen LogP contribution in [0.4, 0.5) is 13.2 Å². The van der Waals surface area contributed by atoms with Gasteiger partial charge in [-0.25, -0.2) is 0 Å². The van der Waals surface area contributed by atoms with Crippen LogP contribution in [0.15, 0.2) is 42.6 Å². The number of benzene rings is 1. The highest BCUT2D eigenvalue weighted by Crippen LogP contribution is 2.29. The molecular formula is C17H14ClF3N4O2. The van der Waals surface area contributed by atoms with Gasteiger partial charge in [0.05, 0.1) is 12.1 Å². The number of pyridine rings is 1. The molecule has 2 aromatic heterocycles. The monoisotopic (exact) mass is 398 g/mol. The minimum atomic E-state index is -4.49. The van der Waals surface area contributed by atoms with Gasteiger partial charge < -0.3 is 10.1 Å². The van der Waals surface area contributed by atoms with Crippen molar-refractivity contribution in [3.8, 4) is 5.75 Å². The van der Waals surface area contributed by atoms with Gasteiger partial charge in [0.2, 0.25) is 0 Å². The minimum Gasteiger partial charge on any atom is -0.481 e. The van der Waals surface area contributed by atoms with Crippen LogP contribution in [0.3, 0.4) is 0 Å². The molecule has 1 aromatic carbocycles. The Morgan fingerprint density at radius 2 is 2.07 bits per heavy atom. The highest BCUT2D eigenvalue weighted by molar-refractivity contribution is 6.30. The van der Waals surface area contributed by atoms with Crippen LogP contribution in [-0.4, -0.2) is 26.6 Å². The normalized spacial score (nSPS) is 12.8. The maximum absolute atomic E-state index is 12.9. The molecule has 1 amide bonds. The van der Waals surface area contributed by atoms with Gasteiger partial charge in [0.25, 0.3) is 5.91 Å². The van der Waals surface area contributed by atoms with E-state index in [1.807, 2.05) is 0 Å². The summed E-state index contributed by atoms with van der Waals surface area (Å²) in [5.74, 6) is 0.131. The molecule has 1 atom stereocenters. The summed E-state index contributed by atoms with van der Waals surface area (Å²) in [6.45, 7) is 1.43. The Bertz CT molecular complexity index is 974. The highest BCUT2D eigenvalue weighted by atomic mass is 35.5. The average Bonchev–Trinajstić information content (AvgIpc) is 3.01. The van der Waals surface area contributed by atoms with Gasteiger partial charge in [-0.1, -0.05) is 17.7 Å². The number of hydrogen-bond acceptors (Lipinski definition) is 4. The molecule has 1 unspecified atom stereocenters. The van der Waals surface area contributed by atoms with Crippen molar-refractivity contribution in [3.63, 3.8) is 0 Å². The molecule has 10 heteroatoms. The van der Waals surface area contributed by atoms with Gasteiger partial charge in [-0.3, -0.25) is 9.20 Å². The number of carbonyl (C=O) groups is 1. The van der Waals surface area contributed by atoms with E-state index in [-0.39, 0.29) is 18.0 Å². The van der Waals surface area contributed by atoms with E-state index in [9.17, 15) is 18.0 Å². The van der Waals surface area contributed by atoms with Gasteiger partial charge in [0.15, 0.2) is 17.6 Å². The number of nitrogens with one attached hydrogen (secondary N) is 1. The quantitative estimate of drug-likeness (QED) is 0.714. The molecule has 142 valence electrons. The lowest BCUT2D eigenvalue weighted by Crippen LogP contribution is -2.36. The smallest absolute Gasteiger partial charge is 0.417 e. The van der Waals surface area contributed by atoms with Crippen molar-refractivity contribution in [1.29, 1.82) is 0 Å². The maximum atomic E-state index is 12.9. The Kier molecular flexibility index (Phi) is 5.22. The molecule has 0 saturated heterocycles. The number of nitrogens with zero attached hydrogens (tertiary/aromatic N) is 3. The first-order chi connectivity index (χ1) is 12.7. The lowest BCUT2D eigenvalue weighted by atomic mass is 10.3. The second-order valence-electron chi connectivity index (χ2n) is 5.70. The molecule has 0 saturated carbocycles. The zero-order chi connectivity index (χ0) is 19.6. The molecule has 3 rings (SSSR count). The third kappa shape index (κ3) is 4.48. The van der Waals surface area contributed by atoms with E-state index in [0.717, 1.165) is 12.3 Å². The number of ether oxygens (including phenoxy) is 1. The standard InChI is InChI=1S/C17H14ClF3N4O2/c1-10(27-13-4-2-3-12(18)7-13)16(26)22-8-15-24-23-14-6-5-11(9-25(14)15)17(19,20)21/h2-7,9-10H,8H2,1H3,(H,22,26). The molecule has 0 aliphatic carbocycles. The van der Waals surface area contributed by atoms with Crippen LogP contribution in [0.1, 0.15) is 18.3 Å². The van der Waals surface area contributed by atoms with Crippen LogP contribution < -0.4 is 10.1 Å². The van der Waals surface area contributed by atoms with E-state index in [4.69, 9.17) is 16.3 Å². The Morgan fingerprint density at radius 3 is 2.78 bits per heavy atom. The summed E-state index contributed by atoms with van der Waals surface area (Å²) in [6.07, 6.45) is -4.44. The molecule has 0 aliphatic rings. The number of alkyl halides is 3. The zero-order valence-corrected chi connectivity index (χ0v) is 14.8. The Morgan fingerprint density at radius 1 is 1.30 bits per heavy atom. The fourth-order valence-electron chi connectivity index (χ4n) is 2.33. The summed E-state index contributed by atoms with van der Waals surface area (Å²) in [5.41, 5.74) is -0.587. The topological polar surface area (TPSA) is 68.5 Å². The van der Waals surface area contributed by atoms with Gasteiger partial charge in [0, 0.05) is 11.2 Å². The summed E-state index contributed by atoms with van der Waals surface area (Å²) >= 11 is 5.86. The second kappa shape index (κ2) is 7.43. The number of rotatable bonds is 5. The molecule has 3 aromatic rings. The first-order valence-corrected chi connectivity index (χ1v) is 8.22. The molecule has 2 heterocycles. The fraction of sp³-hybridized carbons (Fsp3) is 0.235. The Hall–Kier alpha value is -2.81. The Labute approximate surface area is 156 Å². The second-order valence-corrected chi connectivity index (χ2v) is 6.13. The van der Waals surface area contributed by atoms with Crippen LogP contribution in [0, 0.1) is 0 Å². The van der Waals surface area contributed by atoms with Crippen molar-refractivity contribution in [2.45, 2.75) is 25.7 Å². The van der Waals surface area contributed by atoms with Crippen molar-refractivity contribution in [2.75, 3.05) is 0 Å². The van der Waals surface area contributed by atoms with Crippen LogP contribution >= 0.6 is 11.6 Å². The van der Waals surface area contributed by atoms with E-state index in [1.165, 1.54) is 10.5 Å². The van der Waals surface area contributed by atoms with Gasteiger partial charge in [-0.15, -0.1) is 10.2 Å². The first kappa shape index (κ1) is 19.0. The third-order valence-corrected chi connectivity index (χ3v) is 3.93. The molecule has 0 spiro atoms. The van der Waals surface area contributed by atoms with E-state index in [1.54, 1.807) is 31.2 Å². The summed E-state index contributed by atoms with van der Waals surface area (Å²) in [6, 6.07) is 8.71. The predicted molar refractivity (Wildman–Crippen MR) is 91.4 cm³/mol. The first-order valence-electron chi connectivity index (χ1n) is 7.85. The fourth-order valence-corrected chi connectivity index (χ4v) is 2.51. The van der Waals surface area contributed by atoms with Gasteiger partial charge in [0.1, 0.15) is 5.75 Å². The van der Waals surface area contributed by atoms with Crippen molar-refractivity contribution in [1.82, 2.24) is 19.9 Å². The van der Waals surface area contributed by atoms with Crippen LogP contribution in [0.25, 0.3) is 5.65 Å². The zero-order valence-electron chi connectivity index (χ0n) is 14.0. The van der Waals surface area contributed by atoms with Crippen molar-refractivity contribution in [3.05, 3.63) is 59.0 Å². The summed E-state index contributed by atoms with van der Waals surface area (Å²) in [4.78, 5) is 12.2. The Balaban J connectivity index is 1.68. The number of carbonyl (C=O) groups excluding carboxylic acids is 1. The van der Waals surface area contributed by atoms with E-state index in [2.05, 4.69) is 15.5 Å². The minimum absolute atomic E-state index is 0.107. The highest BCUT2D eigenvalue weighted by Gasteiger charge is 2.31. The summed E-state index contributed by atoms with van der Waals surface area (Å²) in [5, 5.41) is 10.6. The van der Waals surface area contributed by atoms with Crippen LogP contribution in [-0.2, 0) is 17.5 Å². The van der Waals surface area contributed by atoms with Gasteiger partial charge in [-0.05, 0) is 37.3 Å². The van der Waals surface area contributed by atoms with Crippen molar-refractivity contribution in [2.24, 2.45) is 0 Å². The third-order valence-electron chi connectivity index (χ3n) is 3.70. The molecule has 0 fully saturated rings. The van der Waals surface area contributed by atoms with Gasteiger partial charge >= 0.3 is 6.18 Å². The SMILES string of the molecule is CC(Oc1cccc(Cl)c1)C(=O)NCc1nnc2ccc(C(F)(F)F)cn12. The molecule has 1 N–H and O–H groups in total. The van der Waals surface area contributed by atoms with Crippen molar-refractivity contribution < 1.29 is 22.7 Å². The largest absolute Gasteiger partial charge is 0.481 e. The molecule has 0 radical (unpaired) electrons. The molecule has 0 aliphatic heterocycles. The van der Waals surface area contributed by atoms with Gasteiger partial charge in [-0.2, -0.15) is 13.2 Å².